The predicted octanol–water partition coefficient (Wildman–Crippen LogP) is 2.02. The maximum Gasteiger partial charge on any atom is 0.239 e. The van der Waals surface area contributed by atoms with Crippen molar-refractivity contribution in [2.75, 3.05) is 46.3 Å². The molecule has 7 nitrogen and oxygen atoms in total. The van der Waals surface area contributed by atoms with Crippen molar-refractivity contribution in [3.8, 4) is 6.07 Å². The van der Waals surface area contributed by atoms with E-state index in [0.717, 1.165) is 52.1 Å². The van der Waals surface area contributed by atoms with Gasteiger partial charge in [-0.2, -0.15) is 5.26 Å². The van der Waals surface area contributed by atoms with Crippen molar-refractivity contribution >= 4 is 35.8 Å². The van der Waals surface area contributed by atoms with E-state index < -0.39 is 0 Å². The molecule has 1 aromatic rings. The first-order valence-electron chi connectivity index (χ1n) is 10.2. The van der Waals surface area contributed by atoms with E-state index in [4.69, 9.17) is 5.26 Å². The van der Waals surface area contributed by atoms with Gasteiger partial charge in [0.15, 0.2) is 5.96 Å². The molecule has 1 N–H and O–H groups in total. The van der Waals surface area contributed by atoms with Crippen LogP contribution >= 0.6 is 24.0 Å². The van der Waals surface area contributed by atoms with Crippen LogP contribution in [0.5, 0.6) is 0 Å². The molecule has 9 heteroatoms. The highest BCUT2D eigenvalue weighted by atomic mass is 127. The number of nitrogens with zero attached hydrogens (tertiary/aromatic N) is 5. The van der Waals surface area contributed by atoms with Crippen LogP contribution in [-0.2, 0) is 11.3 Å². The lowest BCUT2D eigenvalue weighted by atomic mass is 10.1. The van der Waals surface area contributed by atoms with Gasteiger partial charge in [0.25, 0.3) is 0 Å². The Bertz CT molecular complexity index is 797. The lowest BCUT2D eigenvalue weighted by Gasteiger charge is -2.39. The van der Waals surface area contributed by atoms with Crippen LogP contribution in [0.25, 0.3) is 0 Å². The quantitative estimate of drug-likeness (QED) is 0.368. The summed E-state index contributed by atoms with van der Waals surface area (Å²) >= 11 is 0. The standard InChI is InChI=1S/C21H29FN6O.HI/c1-16(20(29)27-7-3-4-8-27)26-9-11-28(12-10-26)21(24-2)25-15-18-13-17(14-23)5-6-19(18)22;/h5-6,13,16H,3-4,7-12,15H2,1-2H3,(H,24,25);1H. The topological polar surface area (TPSA) is 75.0 Å². The average Bonchev–Trinajstić information content (AvgIpc) is 3.29. The second kappa shape index (κ2) is 11.5. The number of nitriles is 1. The highest BCUT2D eigenvalue weighted by Gasteiger charge is 2.30. The monoisotopic (exact) mass is 528 g/mol. The molecule has 0 radical (unpaired) electrons. The number of benzene rings is 1. The lowest BCUT2D eigenvalue weighted by Crippen LogP contribution is -2.57. The number of hydrogen-bond acceptors (Lipinski definition) is 4. The van der Waals surface area contributed by atoms with E-state index in [1.165, 1.54) is 12.1 Å². The van der Waals surface area contributed by atoms with E-state index >= 15 is 0 Å². The normalized spacial score (nSPS) is 18.5. The Kier molecular flexibility index (Phi) is 9.30. The number of hydrogen-bond donors (Lipinski definition) is 1. The van der Waals surface area contributed by atoms with Gasteiger partial charge in [-0.25, -0.2) is 4.39 Å². The summed E-state index contributed by atoms with van der Waals surface area (Å²) in [6.07, 6.45) is 2.21. The Labute approximate surface area is 194 Å². The number of aliphatic imine (C=N–C) groups is 1. The number of piperazine rings is 1. The fraction of sp³-hybridized carbons (Fsp3) is 0.571. The van der Waals surface area contributed by atoms with Crippen LogP contribution in [0.15, 0.2) is 23.2 Å². The highest BCUT2D eigenvalue weighted by Crippen LogP contribution is 2.14. The fourth-order valence-electron chi connectivity index (χ4n) is 3.97. The van der Waals surface area contributed by atoms with Crippen molar-refractivity contribution in [2.45, 2.75) is 32.4 Å². The van der Waals surface area contributed by atoms with Gasteiger partial charge in [0.05, 0.1) is 17.7 Å². The Morgan fingerprint density at radius 1 is 1.20 bits per heavy atom. The minimum atomic E-state index is -0.342. The first-order chi connectivity index (χ1) is 14.0. The first kappa shape index (κ1) is 24.3. The van der Waals surface area contributed by atoms with Gasteiger partial charge in [-0.3, -0.25) is 14.7 Å². The molecule has 0 aliphatic carbocycles. The van der Waals surface area contributed by atoms with Crippen LogP contribution in [0.3, 0.4) is 0 Å². The minimum absolute atomic E-state index is 0. The highest BCUT2D eigenvalue weighted by molar-refractivity contribution is 14.0. The number of guanidine groups is 1. The fourth-order valence-corrected chi connectivity index (χ4v) is 3.97. The molecule has 0 spiro atoms. The van der Waals surface area contributed by atoms with Crippen molar-refractivity contribution in [2.24, 2.45) is 4.99 Å². The lowest BCUT2D eigenvalue weighted by molar-refractivity contribution is -0.135. The summed E-state index contributed by atoms with van der Waals surface area (Å²) in [6.45, 7) is 7.06. The van der Waals surface area contributed by atoms with Crippen LogP contribution in [0.4, 0.5) is 4.39 Å². The Hall–Kier alpha value is -1.93. The van der Waals surface area contributed by atoms with Crippen LogP contribution in [0, 0.1) is 17.1 Å². The van der Waals surface area contributed by atoms with Crippen molar-refractivity contribution < 1.29 is 9.18 Å². The van der Waals surface area contributed by atoms with Gasteiger partial charge in [0.2, 0.25) is 5.91 Å². The van der Waals surface area contributed by atoms with Gasteiger partial charge in [0, 0.05) is 58.4 Å². The van der Waals surface area contributed by atoms with E-state index in [9.17, 15) is 9.18 Å². The number of rotatable bonds is 4. The molecule has 0 saturated carbocycles. The average molecular weight is 528 g/mol. The van der Waals surface area contributed by atoms with E-state index in [0.29, 0.717) is 17.1 Å². The predicted molar refractivity (Wildman–Crippen MR) is 125 cm³/mol. The van der Waals surface area contributed by atoms with Crippen LogP contribution in [0.2, 0.25) is 0 Å². The summed E-state index contributed by atoms with van der Waals surface area (Å²) in [5, 5.41) is 12.2. The molecule has 3 rings (SSSR count). The third-order valence-corrected chi connectivity index (χ3v) is 5.76. The summed E-state index contributed by atoms with van der Waals surface area (Å²) in [7, 11) is 1.70. The van der Waals surface area contributed by atoms with E-state index in [2.05, 4.69) is 20.1 Å². The van der Waals surface area contributed by atoms with Crippen molar-refractivity contribution in [3.05, 3.63) is 35.1 Å². The van der Waals surface area contributed by atoms with E-state index in [1.807, 2.05) is 17.9 Å². The molecule has 1 amide bonds. The minimum Gasteiger partial charge on any atom is -0.352 e. The third-order valence-electron chi connectivity index (χ3n) is 5.76. The van der Waals surface area contributed by atoms with Gasteiger partial charge in [-0.05, 0) is 38.0 Å². The van der Waals surface area contributed by atoms with Gasteiger partial charge in [-0.15, -0.1) is 24.0 Å². The molecule has 1 unspecified atom stereocenters. The second-order valence-corrected chi connectivity index (χ2v) is 7.55. The molecule has 2 saturated heterocycles. The summed E-state index contributed by atoms with van der Waals surface area (Å²) < 4.78 is 14.0. The number of nitrogens with one attached hydrogen (secondary N) is 1. The van der Waals surface area contributed by atoms with Crippen molar-refractivity contribution in [3.63, 3.8) is 0 Å². The number of carbonyl (C=O) groups is 1. The summed E-state index contributed by atoms with van der Waals surface area (Å²) in [4.78, 5) is 23.3. The van der Waals surface area contributed by atoms with Crippen LogP contribution in [-0.4, -0.2) is 78.9 Å². The first-order valence-corrected chi connectivity index (χ1v) is 10.2. The molecule has 1 atom stereocenters. The summed E-state index contributed by atoms with van der Waals surface area (Å²) in [5.74, 6) is 0.585. The zero-order valence-electron chi connectivity index (χ0n) is 17.6. The Morgan fingerprint density at radius 2 is 1.87 bits per heavy atom. The molecule has 2 heterocycles. The third kappa shape index (κ3) is 5.82. The van der Waals surface area contributed by atoms with Gasteiger partial charge < -0.3 is 15.1 Å². The molecule has 0 bridgehead atoms. The number of halogens is 2. The molecule has 164 valence electrons. The number of likely N-dealkylation sites (tertiary alicyclic amines) is 1. The van der Waals surface area contributed by atoms with Crippen molar-refractivity contribution in [1.82, 2.24) is 20.0 Å². The molecular formula is C21H30FIN6O. The zero-order chi connectivity index (χ0) is 20.8. The Balaban J connectivity index is 0.00000320. The summed E-state index contributed by atoms with van der Waals surface area (Å²) in [6, 6.07) is 6.27. The largest absolute Gasteiger partial charge is 0.352 e. The van der Waals surface area contributed by atoms with Gasteiger partial charge in [0.1, 0.15) is 5.82 Å². The molecule has 1 aromatic carbocycles. The van der Waals surface area contributed by atoms with Crippen LogP contribution in [0.1, 0.15) is 30.9 Å². The van der Waals surface area contributed by atoms with E-state index in [1.54, 1.807) is 13.1 Å². The van der Waals surface area contributed by atoms with Crippen LogP contribution < -0.4 is 5.32 Å². The maximum atomic E-state index is 14.0. The Morgan fingerprint density at radius 3 is 2.47 bits per heavy atom. The molecule has 2 aliphatic heterocycles. The smallest absolute Gasteiger partial charge is 0.239 e. The molecule has 2 aliphatic rings. The second-order valence-electron chi connectivity index (χ2n) is 7.55. The molecule has 0 aromatic heterocycles. The zero-order valence-corrected chi connectivity index (χ0v) is 19.9. The SMILES string of the molecule is CN=C(NCc1cc(C#N)ccc1F)N1CCN(C(C)C(=O)N2CCCC2)CC1.I. The van der Waals surface area contributed by atoms with Crippen molar-refractivity contribution in [1.29, 1.82) is 5.26 Å². The van der Waals surface area contributed by atoms with E-state index in [-0.39, 0.29) is 48.3 Å². The number of amides is 1. The molecule has 2 fully saturated rings. The van der Waals surface area contributed by atoms with Gasteiger partial charge >= 0.3 is 0 Å². The van der Waals surface area contributed by atoms with Gasteiger partial charge in [-0.1, -0.05) is 0 Å². The number of carbonyl (C=O) groups excluding carboxylic acids is 1. The maximum absolute atomic E-state index is 14.0. The molecular weight excluding hydrogens is 498 g/mol. The summed E-state index contributed by atoms with van der Waals surface area (Å²) in [5.41, 5.74) is 0.872. The molecule has 30 heavy (non-hydrogen) atoms.